The molecule has 4 heteroatoms. The average molecular weight is 328 g/mol. The van der Waals surface area contributed by atoms with E-state index in [0.717, 1.165) is 37.8 Å². The van der Waals surface area contributed by atoms with Gasteiger partial charge in [0.15, 0.2) is 0 Å². The van der Waals surface area contributed by atoms with Crippen molar-refractivity contribution in [3.8, 4) is 0 Å². The third kappa shape index (κ3) is 3.22. The van der Waals surface area contributed by atoms with Crippen LogP contribution in [0.5, 0.6) is 0 Å². The first-order valence-corrected chi connectivity index (χ1v) is 8.38. The van der Waals surface area contributed by atoms with Gasteiger partial charge in [-0.1, -0.05) is 20.8 Å². The maximum absolute atomic E-state index is 4.70. The maximum atomic E-state index is 4.70. The second kappa shape index (κ2) is 6.40. The third-order valence-electron chi connectivity index (χ3n) is 4.26. The van der Waals surface area contributed by atoms with Gasteiger partial charge in [-0.3, -0.25) is 4.68 Å². The van der Waals surface area contributed by atoms with Gasteiger partial charge >= 0.3 is 0 Å². The lowest BCUT2D eigenvalue weighted by Gasteiger charge is -2.18. The van der Waals surface area contributed by atoms with Gasteiger partial charge in [-0.2, -0.15) is 5.10 Å². The first-order chi connectivity index (χ1) is 9.12. The zero-order valence-electron chi connectivity index (χ0n) is 12.5. The van der Waals surface area contributed by atoms with Gasteiger partial charge in [-0.05, 0) is 54.1 Å². The summed E-state index contributed by atoms with van der Waals surface area (Å²) in [6, 6.07) is 0.600. The highest BCUT2D eigenvalue weighted by atomic mass is 79.9. The standard InChI is InChI=1S/C15H26BrN3/c1-5-12-15(16)14(19(7-3)18-12)9-13(17-6-2)11-8-10(11)4/h10-11,13,17H,5-9H2,1-4H3. The van der Waals surface area contributed by atoms with Crippen LogP contribution in [0.2, 0.25) is 0 Å². The molecule has 0 spiro atoms. The van der Waals surface area contributed by atoms with Crippen LogP contribution in [0.3, 0.4) is 0 Å². The zero-order valence-corrected chi connectivity index (χ0v) is 14.1. The van der Waals surface area contributed by atoms with E-state index >= 15 is 0 Å². The lowest BCUT2D eigenvalue weighted by Crippen LogP contribution is -2.34. The minimum absolute atomic E-state index is 0.600. The molecule has 3 unspecified atom stereocenters. The Morgan fingerprint density at radius 3 is 2.58 bits per heavy atom. The quantitative estimate of drug-likeness (QED) is 0.831. The molecule has 2 rings (SSSR count). The normalized spacial score (nSPS) is 23.6. The number of rotatable bonds is 7. The molecule has 0 saturated heterocycles. The second-order valence-corrected chi connectivity index (χ2v) is 6.41. The SMILES string of the molecule is CCNC(Cc1c(Br)c(CC)nn1CC)C1CC1C. The Morgan fingerprint density at radius 2 is 2.11 bits per heavy atom. The van der Waals surface area contributed by atoms with E-state index in [1.54, 1.807) is 0 Å². The summed E-state index contributed by atoms with van der Waals surface area (Å²) >= 11 is 3.76. The first-order valence-electron chi connectivity index (χ1n) is 7.59. The predicted octanol–water partition coefficient (Wildman–Crippen LogP) is 3.40. The molecule has 1 aliphatic carbocycles. The Morgan fingerprint density at radius 1 is 1.42 bits per heavy atom. The summed E-state index contributed by atoms with van der Waals surface area (Å²) in [5.74, 6) is 1.73. The molecule has 0 radical (unpaired) electrons. The van der Waals surface area contributed by atoms with Gasteiger partial charge in [0.05, 0.1) is 15.9 Å². The molecule has 3 nitrogen and oxygen atoms in total. The summed E-state index contributed by atoms with van der Waals surface area (Å²) in [6.45, 7) is 10.9. The van der Waals surface area contributed by atoms with Crippen LogP contribution in [0.25, 0.3) is 0 Å². The first kappa shape index (κ1) is 15.0. The lowest BCUT2D eigenvalue weighted by molar-refractivity contribution is 0.439. The molecule has 1 N–H and O–H groups in total. The summed E-state index contributed by atoms with van der Waals surface area (Å²) in [5.41, 5.74) is 2.56. The predicted molar refractivity (Wildman–Crippen MR) is 83.4 cm³/mol. The fraction of sp³-hybridized carbons (Fsp3) is 0.800. The Labute approximate surface area is 125 Å². The summed E-state index contributed by atoms with van der Waals surface area (Å²) < 4.78 is 3.40. The van der Waals surface area contributed by atoms with E-state index in [1.807, 2.05) is 0 Å². The number of nitrogens with zero attached hydrogens (tertiary/aromatic N) is 2. The summed E-state index contributed by atoms with van der Waals surface area (Å²) in [7, 11) is 0. The van der Waals surface area contributed by atoms with E-state index in [4.69, 9.17) is 5.10 Å². The number of likely N-dealkylation sites (N-methyl/N-ethyl adjacent to an activating group) is 1. The highest BCUT2D eigenvalue weighted by Crippen LogP contribution is 2.42. The summed E-state index contributed by atoms with van der Waals surface area (Å²) in [4.78, 5) is 0. The molecule has 1 saturated carbocycles. The smallest absolute Gasteiger partial charge is 0.0766 e. The van der Waals surface area contributed by atoms with E-state index < -0.39 is 0 Å². The van der Waals surface area contributed by atoms with Crippen LogP contribution >= 0.6 is 15.9 Å². The van der Waals surface area contributed by atoms with Crippen molar-refractivity contribution in [2.45, 2.75) is 59.5 Å². The Hall–Kier alpha value is -0.350. The van der Waals surface area contributed by atoms with Crippen molar-refractivity contribution < 1.29 is 0 Å². The van der Waals surface area contributed by atoms with Crippen LogP contribution in [0, 0.1) is 11.8 Å². The Kier molecular flexibility index (Phi) is 5.07. The van der Waals surface area contributed by atoms with Gasteiger partial charge in [-0.15, -0.1) is 0 Å². The van der Waals surface area contributed by atoms with Crippen LogP contribution in [-0.2, 0) is 19.4 Å². The van der Waals surface area contributed by atoms with E-state index in [-0.39, 0.29) is 0 Å². The molecular formula is C15H26BrN3. The average Bonchev–Trinajstić information content (AvgIpc) is 3.05. The van der Waals surface area contributed by atoms with Gasteiger partial charge in [0.25, 0.3) is 0 Å². The van der Waals surface area contributed by atoms with Crippen LogP contribution < -0.4 is 5.32 Å². The van der Waals surface area contributed by atoms with Crippen molar-refractivity contribution in [1.29, 1.82) is 0 Å². The maximum Gasteiger partial charge on any atom is 0.0766 e. The number of hydrogen-bond donors (Lipinski definition) is 1. The molecular weight excluding hydrogens is 302 g/mol. The molecule has 0 bridgehead atoms. The highest BCUT2D eigenvalue weighted by molar-refractivity contribution is 9.10. The number of nitrogens with one attached hydrogen (secondary N) is 1. The Balaban J connectivity index is 2.18. The van der Waals surface area contributed by atoms with Crippen molar-refractivity contribution in [2.75, 3.05) is 6.54 Å². The topological polar surface area (TPSA) is 29.9 Å². The van der Waals surface area contributed by atoms with Gasteiger partial charge in [0.1, 0.15) is 0 Å². The highest BCUT2D eigenvalue weighted by Gasteiger charge is 2.39. The van der Waals surface area contributed by atoms with E-state index in [9.17, 15) is 0 Å². The monoisotopic (exact) mass is 327 g/mol. The van der Waals surface area contributed by atoms with Crippen molar-refractivity contribution >= 4 is 15.9 Å². The van der Waals surface area contributed by atoms with Crippen molar-refractivity contribution in [3.05, 3.63) is 15.9 Å². The molecule has 3 atom stereocenters. The molecule has 1 aromatic rings. The molecule has 0 aromatic carbocycles. The molecule has 1 heterocycles. The second-order valence-electron chi connectivity index (χ2n) is 5.62. The third-order valence-corrected chi connectivity index (χ3v) is 5.18. The fourth-order valence-electron chi connectivity index (χ4n) is 2.97. The van der Waals surface area contributed by atoms with Crippen LogP contribution in [0.4, 0.5) is 0 Å². The molecule has 0 aliphatic heterocycles. The Bertz CT molecular complexity index is 427. The van der Waals surface area contributed by atoms with Gasteiger partial charge in [-0.25, -0.2) is 0 Å². The van der Waals surface area contributed by atoms with Gasteiger partial charge < -0.3 is 5.32 Å². The molecule has 1 aliphatic rings. The molecule has 19 heavy (non-hydrogen) atoms. The summed E-state index contributed by atoms with van der Waals surface area (Å²) in [6.07, 6.45) is 3.45. The van der Waals surface area contributed by atoms with Crippen molar-refractivity contribution in [2.24, 2.45) is 11.8 Å². The van der Waals surface area contributed by atoms with Crippen molar-refractivity contribution in [1.82, 2.24) is 15.1 Å². The molecule has 108 valence electrons. The molecule has 1 aromatic heterocycles. The lowest BCUT2D eigenvalue weighted by atomic mass is 10.0. The van der Waals surface area contributed by atoms with E-state index in [2.05, 4.69) is 53.6 Å². The van der Waals surface area contributed by atoms with E-state index in [1.165, 1.54) is 22.3 Å². The number of hydrogen-bond acceptors (Lipinski definition) is 2. The van der Waals surface area contributed by atoms with Crippen LogP contribution in [0.15, 0.2) is 4.47 Å². The minimum Gasteiger partial charge on any atom is -0.314 e. The molecule has 1 fully saturated rings. The summed E-state index contributed by atoms with van der Waals surface area (Å²) in [5, 5.41) is 8.37. The number of aromatic nitrogens is 2. The van der Waals surface area contributed by atoms with Gasteiger partial charge in [0.2, 0.25) is 0 Å². The van der Waals surface area contributed by atoms with Crippen LogP contribution in [-0.4, -0.2) is 22.4 Å². The number of halogens is 1. The molecule has 0 amide bonds. The minimum atomic E-state index is 0.600. The van der Waals surface area contributed by atoms with Crippen LogP contribution in [0.1, 0.15) is 45.5 Å². The van der Waals surface area contributed by atoms with Gasteiger partial charge in [0, 0.05) is 19.0 Å². The largest absolute Gasteiger partial charge is 0.314 e. The zero-order chi connectivity index (χ0) is 14.0. The van der Waals surface area contributed by atoms with Crippen molar-refractivity contribution in [3.63, 3.8) is 0 Å². The fourth-order valence-corrected chi connectivity index (χ4v) is 3.70. The number of aryl methyl sites for hydroxylation is 2. The van der Waals surface area contributed by atoms with E-state index in [0.29, 0.717) is 6.04 Å².